The van der Waals surface area contributed by atoms with E-state index in [0.717, 1.165) is 0 Å². The van der Waals surface area contributed by atoms with Crippen molar-refractivity contribution >= 4 is 28.2 Å². The molecule has 0 spiro atoms. The number of aryl methyl sites for hydroxylation is 2. The molecule has 0 radical (unpaired) electrons. The first-order valence-corrected chi connectivity index (χ1v) is 11.4. The maximum Gasteiger partial charge on any atom is 0.469 e. The van der Waals surface area contributed by atoms with Crippen molar-refractivity contribution in [3.05, 3.63) is 46.0 Å². The van der Waals surface area contributed by atoms with Crippen molar-refractivity contribution in [3.63, 3.8) is 0 Å². The number of phosphoric acid groups is 2. The van der Waals surface area contributed by atoms with Crippen molar-refractivity contribution in [2.75, 3.05) is 0 Å². The number of nitrogens with zero attached hydrogens (tertiary/aromatic N) is 2. The summed E-state index contributed by atoms with van der Waals surface area (Å²) in [6.07, 6.45) is 3.19. The topological polar surface area (TPSA) is 234 Å². The highest BCUT2D eigenvalue weighted by atomic mass is 31.2. The quantitative estimate of drug-likeness (QED) is 0.222. The molecule has 2 aromatic heterocycles. The van der Waals surface area contributed by atoms with E-state index in [4.69, 9.17) is 19.6 Å². The summed E-state index contributed by atoms with van der Waals surface area (Å²) in [5.74, 6) is -0.636. The predicted molar refractivity (Wildman–Crippen MR) is 106 cm³/mol. The second kappa shape index (κ2) is 11.4. The molecule has 0 amide bonds. The van der Waals surface area contributed by atoms with Crippen LogP contribution in [0.4, 0.5) is 0 Å². The van der Waals surface area contributed by atoms with Crippen LogP contribution < -0.4 is 0 Å². The predicted octanol–water partition coefficient (Wildman–Crippen LogP) is 1.03. The highest BCUT2D eigenvalue weighted by Gasteiger charge is 2.18. The van der Waals surface area contributed by atoms with Crippen LogP contribution >= 0.6 is 15.6 Å². The Balaban J connectivity index is 0.000000320. The fourth-order valence-corrected chi connectivity index (χ4v) is 2.72. The molecule has 0 bridgehead atoms. The van der Waals surface area contributed by atoms with Gasteiger partial charge in [-0.15, -0.1) is 0 Å². The highest BCUT2D eigenvalue weighted by Crippen LogP contribution is 2.38. The number of carbonyl (C=O) groups is 2. The van der Waals surface area contributed by atoms with Crippen molar-refractivity contribution in [3.8, 4) is 11.5 Å². The molecule has 0 saturated heterocycles. The number of aldehydes is 2. The van der Waals surface area contributed by atoms with Gasteiger partial charge >= 0.3 is 15.6 Å². The van der Waals surface area contributed by atoms with E-state index in [0.29, 0.717) is 12.6 Å². The molecule has 6 N–H and O–H groups in total. The average molecular weight is 494 g/mol. The Morgan fingerprint density at radius 1 is 0.781 bits per heavy atom. The number of aromatic hydroxyl groups is 2. The number of phosphoric ester groups is 2. The zero-order valence-electron chi connectivity index (χ0n) is 16.6. The Bertz CT molecular complexity index is 994. The number of hydrogen-bond donors (Lipinski definition) is 6. The van der Waals surface area contributed by atoms with E-state index in [1.807, 2.05) is 0 Å². The Kier molecular flexibility index (Phi) is 9.76. The summed E-state index contributed by atoms with van der Waals surface area (Å²) in [7, 11) is -9.23. The number of pyridine rings is 2. The second-order valence-electron chi connectivity index (χ2n) is 6.03. The first-order chi connectivity index (χ1) is 14.7. The van der Waals surface area contributed by atoms with Crippen LogP contribution in [0.1, 0.15) is 43.2 Å². The second-order valence-corrected chi connectivity index (χ2v) is 8.50. The minimum atomic E-state index is -4.61. The van der Waals surface area contributed by atoms with Crippen molar-refractivity contribution in [1.29, 1.82) is 0 Å². The normalized spacial score (nSPS) is 11.4. The maximum absolute atomic E-state index is 10.7. The zero-order chi connectivity index (χ0) is 24.7. The lowest BCUT2D eigenvalue weighted by Gasteiger charge is -2.09. The zero-order valence-corrected chi connectivity index (χ0v) is 18.4. The maximum atomic E-state index is 10.7. The van der Waals surface area contributed by atoms with Crippen molar-refractivity contribution < 1.29 is 57.6 Å². The molecule has 14 nitrogen and oxygen atoms in total. The summed E-state index contributed by atoms with van der Waals surface area (Å²) >= 11 is 0. The summed E-state index contributed by atoms with van der Waals surface area (Å²) in [5, 5.41) is 18.9. The first kappa shape index (κ1) is 27.5. The first-order valence-electron chi connectivity index (χ1n) is 8.35. The van der Waals surface area contributed by atoms with E-state index >= 15 is 0 Å². The minimum Gasteiger partial charge on any atom is -0.505 e. The molecular formula is C16H20N2O12P2. The molecule has 2 rings (SSSR count). The number of hydrogen-bond acceptors (Lipinski definition) is 10. The van der Waals surface area contributed by atoms with E-state index in [1.54, 1.807) is 0 Å². The van der Waals surface area contributed by atoms with E-state index in [1.165, 1.54) is 26.2 Å². The van der Waals surface area contributed by atoms with Crippen LogP contribution in [0.2, 0.25) is 0 Å². The van der Waals surface area contributed by atoms with E-state index in [-0.39, 0.29) is 45.1 Å². The van der Waals surface area contributed by atoms with Gasteiger partial charge in [-0.3, -0.25) is 28.6 Å². The Morgan fingerprint density at radius 2 is 1.09 bits per heavy atom. The highest BCUT2D eigenvalue weighted by molar-refractivity contribution is 7.46. The number of carbonyl (C=O) groups excluding carboxylic acids is 2. The van der Waals surface area contributed by atoms with Gasteiger partial charge in [0.2, 0.25) is 0 Å². The molecule has 0 fully saturated rings. The Labute approximate surface area is 181 Å². The summed E-state index contributed by atoms with van der Waals surface area (Å²) in [5.41, 5.74) is 0.564. The van der Waals surface area contributed by atoms with Gasteiger partial charge in [0.1, 0.15) is 11.5 Å². The third kappa shape index (κ3) is 8.54. The van der Waals surface area contributed by atoms with Gasteiger partial charge in [0, 0.05) is 23.5 Å². The van der Waals surface area contributed by atoms with Crippen molar-refractivity contribution in [2.24, 2.45) is 0 Å². The van der Waals surface area contributed by atoms with Gasteiger partial charge in [-0.2, -0.15) is 0 Å². The van der Waals surface area contributed by atoms with E-state index in [2.05, 4.69) is 19.0 Å². The molecule has 2 aromatic rings. The molecule has 16 heteroatoms. The largest absolute Gasteiger partial charge is 0.505 e. The summed E-state index contributed by atoms with van der Waals surface area (Å²) < 4.78 is 29.3. The van der Waals surface area contributed by atoms with E-state index in [9.17, 15) is 28.9 Å². The fraction of sp³-hybridized carbons (Fsp3) is 0.250. The van der Waals surface area contributed by atoms with Crippen LogP contribution in [0.25, 0.3) is 0 Å². The molecular weight excluding hydrogens is 474 g/mol. The van der Waals surface area contributed by atoms with Crippen LogP contribution in [0, 0.1) is 13.8 Å². The lowest BCUT2D eigenvalue weighted by Crippen LogP contribution is -1.99. The SMILES string of the molecule is Cc1ncc(COP(=O)(O)O)c(C=O)c1O.Cc1ncc(COP(=O)(O)O)c(C=O)c1O. The third-order valence-corrected chi connectivity index (χ3v) is 4.66. The molecule has 0 aromatic carbocycles. The van der Waals surface area contributed by atoms with Gasteiger partial charge in [-0.1, -0.05) is 0 Å². The molecule has 176 valence electrons. The average Bonchev–Trinajstić information content (AvgIpc) is 2.69. The van der Waals surface area contributed by atoms with Gasteiger partial charge in [-0.25, -0.2) is 9.13 Å². The van der Waals surface area contributed by atoms with Gasteiger partial charge in [0.15, 0.2) is 12.6 Å². The van der Waals surface area contributed by atoms with Crippen molar-refractivity contribution in [1.82, 2.24) is 9.97 Å². The lowest BCUT2D eigenvalue weighted by atomic mass is 10.1. The van der Waals surface area contributed by atoms with Gasteiger partial charge in [0.05, 0.1) is 35.7 Å². The monoisotopic (exact) mass is 494 g/mol. The van der Waals surface area contributed by atoms with Crippen LogP contribution in [0.3, 0.4) is 0 Å². The minimum absolute atomic E-state index is 0.0825. The number of rotatable bonds is 8. The molecule has 0 aliphatic heterocycles. The molecule has 0 unspecified atom stereocenters. The fourth-order valence-electron chi connectivity index (χ4n) is 2.11. The van der Waals surface area contributed by atoms with E-state index < -0.39 is 28.9 Å². The molecule has 0 aliphatic carbocycles. The van der Waals surface area contributed by atoms with Crippen LogP contribution in [0.5, 0.6) is 11.5 Å². The Hall–Kier alpha value is -2.54. The molecule has 2 heterocycles. The molecule has 0 aliphatic rings. The van der Waals surface area contributed by atoms with Crippen LogP contribution in [0.15, 0.2) is 12.4 Å². The van der Waals surface area contributed by atoms with Gasteiger partial charge in [-0.05, 0) is 13.8 Å². The van der Waals surface area contributed by atoms with Gasteiger partial charge < -0.3 is 29.8 Å². The van der Waals surface area contributed by atoms with Crippen LogP contribution in [-0.4, -0.2) is 52.3 Å². The van der Waals surface area contributed by atoms with Gasteiger partial charge in [0.25, 0.3) is 0 Å². The molecule has 0 atom stereocenters. The summed E-state index contributed by atoms with van der Waals surface area (Å²) in [4.78, 5) is 62.8. The third-order valence-electron chi connectivity index (χ3n) is 3.73. The Morgan fingerprint density at radius 3 is 1.34 bits per heavy atom. The standard InChI is InChI=1S/2C8H10NO6P/c2*1-5-8(11)7(3-10)6(2-9-5)4-15-16(12,13)14/h2*2-3,11H,4H2,1H3,(H2,12,13,14). The lowest BCUT2D eigenvalue weighted by molar-refractivity contribution is 0.110. The summed E-state index contributed by atoms with van der Waals surface area (Å²) in [6.45, 7) is 1.99. The molecule has 0 saturated carbocycles. The number of aromatic nitrogens is 2. The van der Waals surface area contributed by atoms with Crippen LogP contribution in [-0.2, 0) is 31.4 Å². The smallest absolute Gasteiger partial charge is 0.469 e. The summed E-state index contributed by atoms with van der Waals surface area (Å²) in [6, 6.07) is 0. The molecule has 32 heavy (non-hydrogen) atoms. The van der Waals surface area contributed by atoms with Crippen molar-refractivity contribution in [2.45, 2.75) is 27.1 Å².